The van der Waals surface area contributed by atoms with Crippen molar-refractivity contribution in [1.29, 1.82) is 5.26 Å². The van der Waals surface area contributed by atoms with Gasteiger partial charge in [0.2, 0.25) is 6.41 Å². The summed E-state index contributed by atoms with van der Waals surface area (Å²) in [6, 6.07) is 11.4. The maximum absolute atomic E-state index is 12.7. The summed E-state index contributed by atoms with van der Waals surface area (Å²) < 4.78 is 0. The van der Waals surface area contributed by atoms with Crippen LogP contribution in [-0.2, 0) is 4.79 Å². The van der Waals surface area contributed by atoms with Gasteiger partial charge in [-0.15, -0.1) is 0 Å². The lowest BCUT2D eigenvalue weighted by atomic mass is 10.0. The van der Waals surface area contributed by atoms with Gasteiger partial charge in [0.15, 0.2) is 0 Å². The van der Waals surface area contributed by atoms with Gasteiger partial charge in [-0.1, -0.05) is 24.3 Å². The average molecular weight is 325 g/mol. The molecule has 6 heteroatoms. The van der Waals surface area contributed by atoms with Crippen molar-refractivity contribution in [3.05, 3.63) is 42.0 Å². The first-order valence-electron chi connectivity index (χ1n) is 7.53. The van der Waals surface area contributed by atoms with E-state index in [-0.39, 0.29) is 0 Å². The highest BCUT2D eigenvalue weighted by Crippen LogP contribution is 2.29. The minimum absolute atomic E-state index is 0.397. The lowest BCUT2D eigenvalue weighted by molar-refractivity contribution is -0.107. The van der Waals surface area contributed by atoms with Gasteiger partial charge in [-0.2, -0.15) is 5.26 Å². The third-order valence-electron chi connectivity index (χ3n) is 4.20. The molecule has 0 saturated heterocycles. The number of aliphatic hydroxyl groups is 1. The number of amides is 3. The second-order valence-corrected chi connectivity index (χ2v) is 5.64. The molecule has 0 aromatic heterocycles. The summed E-state index contributed by atoms with van der Waals surface area (Å²) in [5, 5.41) is 20.2. The summed E-state index contributed by atoms with van der Waals surface area (Å²) in [4.78, 5) is 26.6. The van der Waals surface area contributed by atoms with E-state index in [1.807, 2.05) is 0 Å². The van der Waals surface area contributed by atoms with Crippen LogP contribution in [0.4, 0.5) is 10.5 Å². The highest BCUT2D eigenvalue weighted by molar-refractivity contribution is 6.13. The fraction of sp³-hybridized carbons (Fsp3) is 0.278. The predicted molar refractivity (Wildman–Crippen MR) is 91.5 cm³/mol. The number of fused-ring (bicyclic) bond motifs is 1. The van der Waals surface area contributed by atoms with E-state index in [1.54, 1.807) is 50.2 Å². The van der Waals surface area contributed by atoms with Crippen LogP contribution in [0.2, 0.25) is 0 Å². The first-order chi connectivity index (χ1) is 11.4. The van der Waals surface area contributed by atoms with E-state index in [4.69, 9.17) is 0 Å². The Morgan fingerprint density at radius 2 is 1.83 bits per heavy atom. The van der Waals surface area contributed by atoms with Gasteiger partial charge in [-0.05, 0) is 26.0 Å². The molecule has 2 aromatic rings. The lowest BCUT2D eigenvalue weighted by Crippen LogP contribution is -2.48. The Morgan fingerprint density at radius 1 is 1.21 bits per heavy atom. The summed E-state index contributed by atoms with van der Waals surface area (Å²) in [6.07, 6.45) is -0.285. The number of benzene rings is 2. The smallest absolute Gasteiger partial charge is 0.331 e. The van der Waals surface area contributed by atoms with Crippen molar-refractivity contribution in [1.82, 2.24) is 4.90 Å². The van der Waals surface area contributed by atoms with Gasteiger partial charge in [0, 0.05) is 17.8 Å². The highest BCUT2D eigenvalue weighted by atomic mass is 16.3. The molecule has 1 N–H and O–H groups in total. The van der Waals surface area contributed by atoms with E-state index >= 15 is 0 Å². The zero-order valence-electron chi connectivity index (χ0n) is 13.8. The van der Waals surface area contributed by atoms with Gasteiger partial charge in [-0.25, -0.2) is 9.69 Å². The first-order valence-corrected chi connectivity index (χ1v) is 7.53. The number of carbonyl (C=O) groups excluding carboxylic acids is 2. The Labute approximate surface area is 140 Å². The number of nitriles is 1. The quantitative estimate of drug-likeness (QED) is 0.875. The van der Waals surface area contributed by atoms with Crippen LogP contribution in [0.5, 0.6) is 0 Å². The highest BCUT2D eigenvalue weighted by Gasteiger charge is 2.26. The van der Waals surface area contributed by atoms with Gasteiger partial charge in [0.1, 0.15) is 0 Å². The average Bonchev–Trinajstić information content (AvgIpc) is 2.60. The minimum atomic E-state index is -0.731. The molecule has 2 atom stereocenters. The van der Waals surface area contributed by atoms with Crippen molar-refractivity contribution in [2.24, 2.45) is 0 Å². The molecule has 0 fully saturated rings. The Kier molecular flexibility index (Phi) is 5.17. The van der Waals surface area contributed by atoms with Crippen LogP contribution in [0.25, 0.3) is 10.8 Å². The van der Waals surface area contributed by atoms with E-state index in [0.29, 0.717) is 28.4 Å². The fourth-order valence-corrected chi connectivity index (χ4v) is 2.46. The van der Waals surface area contributed by atoms with Gasteiger partial charge in [0.05, 0.1) is 29.5 Å². The Balaban J connectivity index is 2.53. The van der Waals surface area contributed by atoms with Crippen molar-refractivity contribution in [2.45, 2.75) is 26.0 Å². The molecule has 0 saturated carbocycles. The molecule has 2 aromatic carbocycles. The molecule has 0 spiro atoms. The number of carbonyl (C=O) groups is 2. The van der Waals surface area contributed by atoms with E-state index < -0.39 is 18.2 Å². The molecule has 3 amide bonds. The van der Waals surface area contributed by atoms with Crippen molar-refractivity contribution >= 4 is 28.9 Å². The number of urea groups is 1. The number of rotatable bonds is 4. The summed E-state index contributed by atoms with van der Waals surface area (Å²) in [5.74, 6) is 0. The molecule has 6 nitrogen and oxygen atoms in total. The zero-order valence-corrected chi connectivity index (χ0v) is 13.8. The van der Waals surface area contributed by atoms with Crippen molar-refractivity contribution in [3.63, 3.8) is 0 Å². The van der Waals surface area contributed by atoms with Gasteiger partial charge < -0.3 is 10.0 Å². The zero-order chi connectivity index (χ0) is 17.9. The SMILES string of the molecule is C[C@H]([C@@H](C)O)N(C)C(=O)N(C=O)c1ccc(C#N)c2ccccc12. The van der Waals surface area contributed by atoms with Gasteiger partial charge in [-0.3, -0.25) is 4.79 Å². The van der Waals surface area contributed by atoms with Crippen molar-refractivity contribution in [3.8, 4) is 6.07 Å². The van der Waals surface area contributed by atoms with Crippen LogP contribution < -0.4 is 4.90 Å². The molecule has 0 unspecified atom stereocenters. The molecule has 0 bridgehead atoms. The molecule has 0 radical (unpaired) electrons. The Hall–Kier alpha value is -2.91. The largest absolute Gasteiger partial charge is 0.391 e. The molecule has 2 rings (SSSR count). The Bertz CT molecular complexity index is 811. The maximum Gasteiger partial charge on any atom is 0.331 e. The minimum Gasteiger partial charge on any atom is -0.391 e. The van der Waals surface area contributed by atoms with E-state index in [1.165, 1.54) is 11.9 Å². The van der Waals surface area contributed by atoms with E-state index in [2.05, 4.69) is 6.07 Å². The third kappa shape index (κ3) is 3.07. The van der Waals surface area contributed by atoms with Crippen LogP contribution in [0.15, 0.2) is 36.4 Å². The first kappa shape index (κ1) is 17.4. The molecule has 24 heavy (non-hydrogen) atoms. The number of anilines is 1. The number of imide groups is 1. The summed E-state index contributed by atoms with van der Waals surface area (Å²) >= 11 is 0. The Morgan fingerprint density at radius 3 is 2.38 bits per heavy atom. The van der Waals surface area contributed by atoms with E-state index in [0.717, 1.165) is 4.90 Å². The van der Waals surface area contributed by atoms with Crippen LogP contribution in [0, 0.1) is 11.3 Å². The predicted octanol–water partition coefficient (Wildman–Crippen LogP) is 2.50. The molecular weight excluding hydrogens is 306 g/mol. The van der Waals surface area contributed by atoms with E-state index in [9.17, 15) is 20.0 Å². The van der Waals surface area contributed by atoms with Crippen LogP contribution >= 0.6 is 0 Å². The van der Waals surface area contributed by atoms with Crippen LogP contribution in [-0.4, -0.2) is 41.6 Å². The third-order valence-corrected chi connectivity index (χ3v) is 4.20. The molecule has 0 aliphatic rings. The standard InChI is InChI=1S/C18H19N3O3/c1-12(13(2)23)20(3)18(24)21(11-22)17-9-8-14(10-19)15-6-4-5-7-16(15)17/h4-9,11-13,23H,1-3H3/t12-,13-/m1/s1. The number of hydrogen-bond donors (Lipinski definition) is 1. The fourth-order valence-electron chi connectivity index (χ4n) is 2.46. The summed E-state index contributed by atoms with van der Waals surface area (Å²) in [5.41, 5.74) is 0.868. The van der Waals surface area contributed by atoms with Crippen LogP contribution in [0.1, 0.15) is 19.4 Å². The van der Waals surface area contributed by atoms with Gasteiger partial charge in [0.25, 0.3) is 0 Å². The molecule has 0 heterocycles. The number of nitrogens with zero attached hydrogens (tertiary/aromatic N) is 3. The molecule has 0 aliphatic carbocycles. The monoisotopic (exact) mass is 325 g/mol. The number of likely N-dealkylation sites (N-methyl/N-ethyl adjacent to an activating group) is 1. The topological polar surface area (TPSA) is 84.6 Å². The molecule has 124 valence electrons. The molecule has 0 aliphatic heterocycles. The maximum atomic E-state index is 12.7. The normalized spacial score (nSPS) is 13.0. The second kappa shape index (κ2) is 7.11. The van der Waals surface area contributed by atoms with Gasteiger partial charge >= 0.3 is 6.03 Å². The lowest BCUT2D eigenvalue weighted by Gasteiger charge is -2.30. The summed E-state index contributed by atoms with van der Waals surface area (Å²) in [7, 11) is 1.53. The number of aliphatic hydroxyl groups excluding tert-OH is 1. The summed E-state index contributed by atoms with van der Waals surface area (Å²) in [6.45, 7) is 3.28. The molecular formula is C18H19N3O3. The van der Waals surface area contributed by atoms with Crippen molar-refractivity contribution < 1.29 is 14.7 Å². The second-order valence-electron chi connectivity index (χ2n) is 5.64. The number of hydrogen-bond acceptors (Lipinski definition) is 4. The van der Waals surface area contributed by atoms with Crippen LogP contribution in [0.3, 0.4) is 0 Å². The van der Waals surface area contributed by atoms with Crippen molar-refractivity contribution in [2.75, 3.05) is 11.9 Å².